The molecule has 2 unspecified atom stereocenters. The molecule has 2 aliphatic heterocycles. The number of imide groups is 2. The SMILES string of the molecule is CCCCCCCCCCCCC(CCCCCCCCCC)CN1C(=O)c2cnc3c4c(C)cc5c6c(cnc(c7c(-c8ccc(-c9ccc(C)s9)s8)cc(c2c37)C1=O)c64)C(=O)N(CC(C)CCCCCCCCCC)C5=O. The highest BCUT2D eigenvalue weighted by atomic mass is 32.1. The van der Waals surface area contributed by atoms with Crippen LogP contribution < -0.4 is 0 Å². The van der Waals surface area contributed by atoms with E-state index in [-0.39, 0.29) is 35.5 Å². The van der Waals surface area contributed by atoms with E-state index in [0.717, 1.165) is 81.0 Å². The van der Waals surface area contributed by atoms with Crippen LogP contribution in [0.5, 0.6) is 0 Å². The Balaban J connectivity index is 1.06. The number of rotatable bonds is 35. The van der Waals surface area contributed by atoms with Crippen molar-refractivity contribution in [1.29, 1.82) is 0 Å². The molecule has 0 saturated carbocycles. The Hall–Kier alpha value is -5.06. The molecule has 0 N–H and O–H groups in total. The van der Waals surface area contributed by atoms with E-state index in [9.17, 15) is 9.59 Å². The molecule has 6 heterocycles. The molecule has 0 spiro atoms. The van der Waals surface area contributed by atoms with Gasteiger partial charge in [-0.05, 0) is 86.9 Å². The minimum Gasteiger partial charge on any atom is -0.274 e. The molecule has 2 aliphatic rings. The number of carbonyl (C=O) groups excluding carboxylic acids is 4. The van der Waals surface area contributed by atoms with Crippen molar-refractivity contribution in [3.05, 3.63) is 81.5 Å². The zero-order chi connectivity index (χ0) is 55.4. The molecule has 0 radical (unpaired) electrons. The van der Waals surface area contributed by atoms with Gasteiger partial charge in [-0.15, -0.1) is 22.7 Å². The van der Waals surface area contributed by atoms with E-state index < -0.39 is 0 Å². The Labute approximate surface area is 480 Å². The summed E-state index contributed by atoms with van der Waals surface area (Å²) < 4.78 is 0. The number of thiophene rings is 2. The van der Waals surface area contributed by atoms with Gasteiger partial charge in [0.15, 0.2) is 0 Å². The van der Waals surface area contributed by atoms with Crippen molar-refractivity contribution >= 4 is 89.7 Å². The molecule has 0 saturated heterocycles. The maximum atomic E-state index is 15.5. The number of benzene rings is 3. The first kappa shape index (κ1) is 58.6. The highest BCUT2D eigenvalue weighted by Crippen LogP contribution is 2.51. The van der Waals surface area contributed by atoms with Crippen LogP contribution in [0.15, 0.2) is 48.8 Å². The number of aryl methyl sites for hydroxylation is 2. The molecule has 7 aromatic rings. The number of hydrogen-bond acceptors (Lipinski definition) is 8. The van der Waals surface area contributed by atoms with Crippen LogP contribution in [0.3, 0.4) is 0 Å². The van der Waals surface area contributed by atoms with Gasteiger partial charge in [-0.3, -0.25) is 38.9 Å². The van der Waals surface area contributed by atoms with Crippen molar-refractivity contribution in [2.75, 3.05) is 13.1 Å². The van der Waals surface area contributed by atoms with Crippen LogP contribution in [0.25, 0.3) is 63.5 Å². The first-order chi connectivity index (χ1) is 38.6. The van der Waals surface area contributed by atoms with Crippen LogP contribution in [0.4, 0.5) is 0 Å². The van der Waals surface area contributed by atoms with Crippen molar-refractivity contribution in [3.8, 4) is 20.2 Å². The fourth-order valence-corrected chi connectivity index (χ4v) is 15.2. The minimum absolute atomic E-state index is 0.162. The molecule has 4 amide bonds. The number of fused-ring (bicyclic) bond motifs is 2. The van der Waals surface area contributed by atoms with E-state index in [0.29, 0.717) is 57.1 Å². The molecule has 422 valence electrons. The maximum Gasteiger partial charge on any atom is 0.262 e. The summed E-state index contributed by atoms with van der Waals surface area (Å²) in [6, 6.07) is 12.6. The monoisotopic (exact) mass is 1100 g/mol. The second kappa shape index (κ2) is 28.1. The van der Waals surface area contributed by atoms with E-state index in [2.05, 4.69) is 58.9 Å². The Kier molecular flexibility index (Phi) is 20.8. The maximum absolute atomic E-state index is 15.5. The molecule has 4 aromatic heterocycles. The van der Waals surface area contributed by atoms with Gasteiger partial charge in [0.2, 0.25) is 0 Å². The molecular weight excluding hydrogens is 1010 g/mol. The lowest BCUT2D eigenvalue weighted by atomic mass is 9.82. The van der Waals surface area contributed by atoms with E-state index in [1.807, 2.05) is 19.1 Å². The first-order valence-electron chi connectivity index (χ1n) is 31.4. The first-order valence-corrected chi connectivity index (χ1v) is 33.0. The van der Waals surface area contributed by atoms with E-state index in [4.69, 9.17) is 9.97 Å². The summed E-state index contributed by atoms with van der Waals surface area (Å²) in [7, 11) is 0. The van der Waals surface area contributed by atoms with Gasteiger partial charge >= 0.3 is 0 Å². The quantitative estimate of drug-likeness (QED) is 0.0170. The summed E-state index contributed by atoms with van der Waals surface area (Å²) in [5.74, 6) is -0.718. The van der Waals surface area contributed by atoms with Crippen LogP contribution in [-0.2, 0) is 0 Å². The Morgan fingerprint density at radius 1 is 0.405 bits per heavy atom. The van der Waals surface area contributed by atoms with Crippen molar-refractivity contribution in [2.45, 2.75) is 228 Å². The number of unbranched alkanes of at least 4 members (excludes halogenated alkanes) is 23. The Morgan fingerprint density at radius 3 is 1.32 bits per heavy atom. The predicted molar refractivity (Wildman–Crippen MR) is 334 cm³/mol. The van der Waals surface area contributed by atoms with Crippen molar-refractivity contribution < 1.29 is 19.2 Å². The topological polar surface area (TPSA) is 101 Å². The number of hydrogen-bond donors (Lipinski definition) is 0. The van der Waals surface area contributed by atoms with E-state index in [1.54, 1.807) is 40.0 Å². The molecular formula is C69H90N4O4S2. The highest BCUT2D eigenvalue weighted by Gasteiger charge is 2.40. The van der Waals surface area contributed by atoms with Crippen LogP contribution in [0, 0.1) is 25.7 Å². The number of aromatic nitrogens is 2. The molecule has 79 heavy (non-hydrogen) atoms. The number of pyridine rings is 2. The van der Waals surface area contributed by atoms with E-state index >= 15 is 9.59 Å². The predicted octanol–water partition coefficient (Wildman–Crippen LogP) is 20.4. The van der Waals surface area contributed by atoms with Gasteiger partial charge in [0, 0.05) is 94.0 Å². The average Bonchev–Trinajstić information content (AvgIpc) is 3.07. The van der Waals surface area contributed by atoms with Gasteiger partial charge in [-0.1, -0.05) is 195 Å². The Bertz CT molecular complexity index is 3220. The molecule has 8 nitrogen and oxygen atoms in total. The molecule has 0 bridgehead atoms. The highest BCUT2D eigenvalue weighted by molar-refractivity contribution is 7.24. The molecule has 0 aliphatic carbocycles. The lowest BCUT2D eigenvalue weighted by Crippen LogP contribution is -2.43. The lowest BCUT2D eigenvalue weighted by Gasteiger charge is -2.32. The van der Waals surface area contributed by atoms with Crippen LogP contribution in [-0.4, -0.2) is 56.5 Å². The number of nitrogens with zero attached hydrogens (tertiary/aromatic N) is 4. The summed E-state index contributed by atoms with van der Waals surface area (Å²) in [5.41, 5.74) is 4.89. The second-order valence-corrected chi connectivity index (χ2v) is 26.4. The van der Waals surface area contributed by atoms with Gasteiger partial charge in [0.1, 0.15) is 0 Å². The Morgan fingerprint density at radius 2 is 0.810 bits per heavy atom. The van der Waals surface area contributed by atoms with Crippen molar-refractivity contribution in [2.24, 2.45) is 11.8 Å². The fourth-order valence-electron chi connectivity index (χ4n) is 13.2. The largest absolute Gasteiger partial charge is 0.274 e. The van der Waals surface area contributed by atoms with Gasteiger partial charge in [-0.2, -0.15) is 0 Å². The summed E-state index contributed by atoms with van der Waals surface area (Å²) in [6.45, 7) is 13.8. The molecule has 0 fully saturated rings. The molecule has 9 rings (SSSR count). The third-order valence-corrected chi connectivity index (χ3v) is 20.0. The van der Waals surface area contributed by atoms with Crippen LogP contribution >= 0.6 is 22.7 Å². The third kappa shape index (κ3) is 13.2. The zero-order valence-electron chi connectivity index (χ0n) is 48.9. The van der Waals surface area contributed by atoms with Crippen LogP contribution in [0.2, 0.25) is 0 Å². The van der Waals surface area contributed by atoms with Gasteiger partial charge in [-0.25, -0.2) is 0 Å². The zero-order valence-corrected chi connectivity index (χ0v) is 50.6. The minimum atomic E-state index is -0.308. The van der Waals surface area contributed by atoms with Crippen molar-refractivity contribution in [1.82, 2.24) is 19.8 Å². The number of amides is 4. The van der Waals surface area contributed by atoms with Gasteiger partial charge in [0.05, 0.1) is 22.2 Å². The normalized spacial score (nSPS) is 14.5. The third-order valence-electron chi connectivity index (χ3n) is 17.7. The molecule has 10 heteroatoms. The van der Waals surface area contributed by atoms with Gasteiger partial charge in [0.25, 0.3) is 23.6 Å². The fraction of sp³-hybridized carbons (Fsp3) is 0.565. The number of carbonyl (C=O) groups is 4. The second-order valence-electron chi connectivity index (χ2n) is 24.0. The average molecular weight is 1100 g/mol. The molecule has 3 aromatic carbocycles. The standard InChI is InChI=1S/C69H90N4O4S2/c1-7-10-13-16-19-22-23-26-29-32-35-49(34-31-28-25-21-18-15-12-9-3)45-73-67(75)52-41-50(55-38-39-57(79-55)56-37-36-48(6)78-56)61-63-60(52)54(69(73)77)42-70-64(63)58-47(5)40-51-59-53(43-71-65(61)62(58)59)68(76)72(66(51)74)44-46(4)33-30-27-24-20-17-14-11-8-2/h36-43,46,49H,7-35,44-45H2,1-6H3. The summed E-state index contributed by atoms with van der Waals surface area (Å²) >= 11 is 3.44. The summed E-state index contributed by atoms with van der Waals surface area (Å²) in [6.07, 6.45) is 39.0. The smallest absolute Gasteiger partial charge is 0.262 e. The summed E-state index contributed by atoms with van der Waals surface area (Å²) in [5, 5.41) is 4.31. The molecule has 2 atom stereocenters. The summed E-state index contributed by atoms with van der Waals surface area (Å²) in [4.78, 5) is 78.2. The van der Waals surface area contributed by atoms with Crippen molar-refractivity contribution in [3.63, 3.8) is 0 Å². The van der Waals surface area contributed by atoms with E-state index in [1.165, 1.54) is 162 Å². The van der Waals surface area contributed by atoms with Crippen LogP contribution in [0.1, 0.15) is 266 Å². The lowest BCUT2D eigenvalue weighted by molar-refractivity contribution is 0.0566. The van der Waals surface area contributed by atoms with Gasteiger partial charge < -0.3 is 0 Å².